The van der Waals surface area contributed by atoms with E-state index < -0.39 is 6.04 Å². The lowest BCUT2D eigenvalue weighted by Crippen LogP contribution is -2.51. The molecule has 0 aliphatic carbocycles. The molecule has 0 radical (unpaired) electrons. The summed E-state index contributed by atoms with van der Waals surface area (Å²) in [5.74, 6) is -0.292. The van der Waals surface area contributed by atoms with Crippen LogP contribution in [-0.2, 0) is 21.0 Å². The Kier molecular flexibility index (Phi) is 7.29. The van der Waals surface area contributed by atoms with Gasteiger partial charge in [0.25, 0.3) is 5.91 Å². The van der Waals surface area contributed by atoms with E-state index in [9.17, 15) is 9.59 Å². The van der Waals surface area contributed by atoms with E-state index in [1.807, 2.05) is 6.07 Å². The largest absolute Gasteiger partial charge is 0.391 e. The van der Waals surface area contributed by atoms with Gasteiger partial charge in [-0.05, 0) is 29.8 Å². The van der Waals surface area contributed by atoms with E-state index >= 15 is 0 Å². The quantitative estimate of drug-likeness (QED) is 0.618. The van der Waals surface area contributed by atoms with Crippen LogP contribution >= 0.6 is 23.2 Å². The molecule has 2 saturated heterocycles. The van der Waals surface area contributed by atoms with Gasteiger partial charge in [0.05, 0.1) is 35.5 Å². The second kappa shape index (κ2) is 10.3. The summed E-state index contributed by atoms with van der Waals surface area (Å²) >= 11 is 12.0. The molecule has 32 heavy (non-hydrogen) atoms. The molecule has 1 unspecified atom stereocenters. The number of oxime groups is 1. The van der Waals surface area contributed by atoms with Crippen molar-refractivity contribution in [3.8, 4) is 0 Å². The van der Waals surface area contributed by atoms with Crippen molar-refractivity contribution in [1.82, 2.24) is 9.80 Å². The third kappa shape index (κ3) is 5.23. The predicted molar refractivity (Wildman–Crippen MR) is 122 cm³/mol. The molecule has 9 heteroatoms. The first-order valence-corrected chi connectivity index (χ1v) is 11.1. The maximum absolute atomic E-state index is 13.2. The van der Waals surface area contributed by atoms with Crippen molar-refractivity contribution in [2.75, 3.05) is 32.8 Å². The van der Waals surface area contributed by atoms with Crippen LogP contribution in [0.2, 0.25) is 10.0 Å². The number of hydrogen-bond donors (Lipinski definition) is 0. The van der Waals surface area contributed by atoms with Crippen LogP contribution in [0, 0.1) is 0 Å². The molecule has 2 amide bonds. The Labute approximate surface area is 196 Å². The minimum Gasteiger partial charge on any atom is -0.391 e. The first-order chi connectivity index (χ1) is 15.5. The Bertz CT molecular complexity index is 1010. The van der Waals surface area contributed by atoms with Gasteiger partial charge < -0.3 is 19.4 Å². The van der Waals surface area contributed by atoms with E-state index in [1.54, 1.807) is 52.3 Å². The number of halogens is 2. The number of nitrogens with zero attached hydrogens (tertiary/aromatic N) is 3. The highest BCUT2D eigenvalue weighted by atomic mass is 35.5. The van der Waals surface area contributed by atoms with Gasteiger partial charge in [-0.3, -0.25) is 9.59 Å². The van der Waals surface area contributed by atoms with Gasteiger partial charge in [-0.25, -0.2) is 0 Å². The second-order valence-electron chi connectivity index (χ2n) is 7.64. The number of carbonyl (C=O) groups excluding carboxylic acids is 2. The highest BCUT2D eigenvalue weighted by Gasteiger charge is 2.40. The second-order valence-corrected chi connectivity index (χ2v) is 8.45. The van der Waals surface area contributed by atoms with Crippen molar-refractivity contribution >= 4 is 40.7 Å². The zero-order chi connectivity index (χ0) is 22.5. The van der Waals surface area contributed by atoms with Gasteiger partial charge in [0, 0.05) is 25.1 Å². The summed E-state index contributed by atoms with van der Waals surface area (Å²) < 4.78 is 5.35. The van der Waals surface area contributed by atoms with E-state index in [1.165, 1.54) is 0 Å². The monoisotopic (exact) mass is 475 g/mol. The number of benzene rings is 2. The number of rotatable bonds is 5. The van der Waals surface area contributed by atoms with Crippen molar-refractivity contribution in [3.63, 3.8) is 0 Å². The molecular weight excluding hydrogens is 453 g/mol. The van der Waals surface area contributed by atoms with Crippen LogP contribution in [0.3, 0.4) is 0 Å². The number of ether oxygens (including phenoxy) is 1. The number of carbonyl (C=O) groups is 2. The Morgan fingerprint density at radius 1 is 1.06 bits per heavy atom. The molecule has 0 spiro atoms. The zero-order valence-electron chi connectivity index (χ0n) is 17.4. The molecule has 7 nitrogen and oxygen atoms in total. The van der Waals surface area contributed by atoms with Gasteiger partial charge in [0.2, 0.25) is 5.91 Å². The van der Waals surface area contributed by atoms with Crippen molar-refractivity contribution in [2.45, 2.75) is 19.1 Å². The van der Waals surface area contributed by atoms with Crippen molar-refractivity contribution < 1.29 is 19.2 Å². The maximum Gasteiger partial charge on any atom is 0.254 e. The van der Waals surface area contributed by atoms with Gasteiger partial charge in [-0.2, -0.15) is 0 Å². The normalized spacial score (nSPS) is 19.9. The lowest BCUT2D eigenvalue weighted by Gasteiger charge is -2.32. The Balaban J connectivity index is 1.49. The van der Waals surface area contributed by atoms with Crippen LogP contribution in [0.15, 0.2) is 53.7 Å². The molecular formula is C23H23Cl2N3O4. The third-order valence-corrected chi connectivity index (χ3v) is 6.20. The third-order valence-electron chi connectivity index (χ3n) is 5.46. The standard InChI is InChI=1S/C23H23Cl2N3O4/c24-19-7-6-16(12-20(19)25)15-32-26-18-13-21(23(30)27-8-10-31-11-9-27)28(14-18)22(29)17-4-2-1-3-5-17/h1-7,12,21H,8-11,13-15H2. The Hall–Kier alpha value is -2.61. The van der Waals surface area contributed by atoms with Gasteiger partial charge in [0.15, 0.2) is 0 Å². The number of amides is 2. The molecule has 2 aromatic rings. The first-order valence-electron chi connectivity index (χ1n) is 10.4. The molecule has 0 aromatic heterocycles. The lowest BCUT2D eigenvalue weighted by atomic mass is 10.1. The molecule has 0 N–H and O–H groups in total. The first kappa shape index (κ1) is 22.6. The van der Waals surface area contributed by atoms with Gasteiger partial charge in [-0.15, -0.1) is 0 Å². The van der Waals surface area contributed by atoms with Crippen LogP contribution < -0.4 is 0 Å². The smallest absolute Gasteiger partial charge is 0.254 e. The average molecular weight is 476 g/mol. The van der Waals surface area contributed by atoms with Crippen molar-refractivity contribution in [1.29, 1.82) is 0 Å². The minimum atomic E-state index is -0.617. The Morgan fingerprint density at radius 3 is 2.53 bits per heavy atom. The van der Waals surface area contributed by atoms with Crippen LogP contribution in [0.1, 0.15) is 22.3 Å². The summed E-state index contributed by atoms with van der Waals surface area (Å²) in [5.41, 5.74) is 1.99. The topological polar surface area (TPSA) is 71.4 Å². The number of morpholine rings is 1. The number of hydrogen-bond acceptors (Lipinski definition) is 5. The molecule has 168 valence electrons. The zero-order valence-corrected chi connectivity index (χ0v) is 18.9. The van der Waals surface area contributed by atoms with E-state index in [-0.39, 0.29) is 25.0 Å². The Morgan fingerprint density at radius 2 is 1.81 bits per heavy atom. The van der Waals surface area contributed by atoms with Crippen LogP contribution in [0.4, 0.5) is 0 Å². The molecule has 2 aromatic carbocycles. The molecule has 2 aliphatic heterocycles. The summed E-state index contributed by atoms with van der Waals surface area (Å²) in [5, 5.41) is 5.14. The lowest BCUT2D eigenvalue weighted by molar-refractivity contribution is -0.139. The summed E-state index contributed by atoms with van der Waals surface area (Å²) in [6, 6.07) is 13.5. The molecule has 0 bridgehead atoms. The van der Waals surface area contributed by atoms with Crippen LogP contribution in [0.25, 0.3) is 0 Å². The fourth-order valence-electron chi connectivity index (χ4n) is 3.77. The van der Waals surface area contributed by atoms with E-state index in [2.05, 4.69) is 5.16 Å². The predicted octanol–water partition coefficient (Wildman–Crippen LogP) is 3.64. The molecule has 0 saturated carbocycles. The summed E-state index contributed by atoms with van der Waals surface area (Å²) in [4.78, 5) is 35.2. The van der Waals surface area contributed by atoms with E-state index in [0.29, 0.717) is 54.0 Å². The molecule has 2 aliphatic rings. The van der Waals surface area contributed by atoms with Crippen LogP contribution in [-0.4, -0.2) is 66.2 Å². The van der Waals surface area contributed by atoms with E-state index in [4.69, 9.17) is 32.8 Å². The van der Waals surface area contributed by atoms with Crippen LogP contribution in [0.5, 0.6) is 0 Å². The fourth-order valence-corrected chi connectivity index (χ4v) is 4.09. The summed E-state index contributed by atoms with van der Waals surface area (Å²) in [7, 11) is 0. The molecule has 4 rings (SSSR count). The SMILES string of the molecule is O=C(C1CC(=NOCc2ccc(Cl)c(Cl)c2)CN1C(=O)c1ccccc1)N1CCOCC1. The van der Waals surface area contributed by atoms with E-state index in [0.717, 1.165) is 5.56 Å². The molecule has 2 fully saturated rings. The van der Waals surface area contributed by atoms with Crippen molar-refractivity contribution in [3.05, 3.63) is 69.7 Å². The summed E-state index contributed by atoms with van der Waals surface area (Å²) in [6.07, 6.45) is 0.330. The fraction of sp³-hybridized carbons (Fsp3) is 0.348. The van der Waals surface area contributed by atoms with Gasteiger partial charge in [0.1, 0.15) is 12.6 Å². The highest BCUT2D eigenvalue weighted by molar-refractivity contribution is 6.42. The van der Waals surface area contributed by atoms with Gasteiger partial charge >= 0.3 is 0 Å². The molecule has 1 atom stereocenters. The van der Waals surface area contributed by atoms with Gasteiger partial charge in [-0.1, -0.05) is 52.6 Å². The van der Waals surface area contributed by atoms with Crippen molar-refractivity contribution in [2.24, 2.45) is 5.16 Å². The molecule has 2 heterocycles. The summed E-state index contributed by atoms with van der Waals surface area (Å²) in [6.45, 7) is 2.47. The minimum absolute atomic E-state index is 0.0905. The average Bonchev–Trinajstić information content (AvgIpc) is 3.25. The maximum atomic E-state index is 13.2. The highest BCUT2D eigenvalue weighted by Crippen LogP contribution is 2.24. The number of likely N-dealkylation sites (tertiary alicyclic amines) is 1.